The molecule has 5 heteroatoms. The Morgan fingerprint density at radius 1 is 1.00 bits per heavy atom. The van der Waals surface area contributed by atoms with Crippen molar-refractivity contribution in [1.29, 1.82) is 0 Å². The van der Waals surface area contributed by atoms with Gasteiger partial charge in [0, 0.05) is 16.5 Å². The van der Waals surface area contributed by atoms with Gasteiger partial charge in [-0.1, -0.05) is 47.5 Å². The maximum Gasteiger partial charge on any atom is 0.122 e. The van der Waals surface area contributed by atoms with Crippen LogP contribution in [0.25, 0.3) is 0 Å². The molecule has 1 heterocycles. The van der Waals surface area contributed by atoms with Gasteiger partial charge in [0.15, 0.2) is 0 Å². The molecule has 3 atom stereocenters. The Morgan fingerprint density at radius 3 is 2.09 bits per heavy atom. The lowest BCUT2D eigenvalue weighted by Gasteiger charge is -2.29. The van der Waals surface area contributed by atoms with Gasteiger partial charge >= 0.3 is 0 Å². The molecule has 0 aliphatic carbocycles. The maximum atomic E-state index is 11.2. The van der Waals surface area contributed by atoms with Crippen LogP contribution in [-0.2, 0) is 10.3 Å². The van der Waals surface area contributed by atoms with Crippen molar-refractivity contribution in [2.24, 2.45) is 0 Å². The molecule has 0 spiro atoms. The van der Waals surface area contributed by atoms with Gasteiger partial charge < -0.3 is 14.9 Å². The van der Waals surface area contributed by atoms with Crippen LogP contribution in [0.2, 0.25) is 10.0 Å². The molecule has 0 unspecified atom stereocenters. The number of halogens is 2. The highest BCUT2D eigenvalue weighted by Gasteiger charge is 2.49. The number of aliphatic hydroxyl groups excluding tert-OH is 1. The number of ether oxygens (including phenoxy) is 1. The van der Waals surface area contributed by atoms with E-state index in [1.165, 1.54) is 0 Å². The third-order valence-corrected chi connectivity index (χ3v) is 4.53. The van der Waals surface area contributed by atoms with Crippen LogP contribution in [0, 0.1) is 0 Å². The zero-order chi connectivity index (χ0) is 15.7. The third kappa shape index (κ3) is 2.87. The van der Waals surface area contributed by atoms with Crippen LogP contribution < -0.4 is 0 Å². The lowest BCUT2D eigenvalue weighted by Crippen LogP contribution is -2.29. The number of aliphatic hydroxyl groups is 2. The van der Waals surface area contributed by atoms with Gasteiger partial charge in [0.1, 0.15) is 11.7 Å². The fourth-order valence-corrected chi connectivity index (χ4v) is 3.17. The van der Waals surface area contributed by atoms with Crippen molar-refractivity contribution >= 4 is 23.2 Å². The van der Waals surface area contributed by atoms with Crippen molar-refractivity contribution in [1.82, 2.24) is 0 Å². The molecule has 1 aliphatic heterocycles. The minimum Gasteiger partial charge on any atom is -0.394 e. The molecule has 2 aromatic rings. The molecule has 2 aromatic carbocycles. The summed E-state index contributed by atoms with van der Waals surface area (Å²) in [5.74, 6) is 0. The van der Waals surface area contributed by atoms with E-state index in [1.807, 2.05) is 12.1 Å². The second-order valence-electron chi connectivity index (χ2n) is 5.51. The van der Waals surface area contributed by atoms with Gasteiger partial charge in [0.05, 0.1) is 12.7 Å². The summed E-state index contributed by atoms with van der Waals surface area (Å²) >= 11 is 11.8. The Bertz CT molecular complexity index is 642. The Morgan fingerprint density at radius 2 is 1.55 bits per heavy atom. The normalized spacial score (nSPS) is 28.0. The monoisotopic (exact) mass is 338 g/mol. The molecular weight excluding hydrogens is 323 g/mol. The Balaban J connectivity index is 2.01. The molecule has 1 aliphatic rings. The maximum absolute atomic E-state index is 11.2. The van der Waals surface area contributed by atoms with Gasteiger partial charge in [-0.15, -0.1) is 0 Å². The molecule has 0 amide bonds. The lowest BCUT2D eigenvalue weighted by molar-refractivity contribution is -0.0595. The molecule has 0 aromatic heterocycles. The molecule has 0 radical (unpaired) electrons. The van der Waals surface area contributed by atoms with Gasteiger partial charge in [-0.05, 0) is 35.4 Å². The van der Waals surface area contributed by atoms with Crippen molar-refractivity contribution in [3.8, 4) is 0 Å². The van der Waals surface area contributed by atoms with E-state index in [0.717, 1.165) is 5.56 Å². The third-order valence-electron chi connectivity index (χ3n) is 4.02. The SMILES string of the molecule is OC[C@H]1C[C@](O)(c2ccc(Cl)cc2)[C@@H](c2ccc(Cl)cc2)O1. The molecule has 3 rings (SSSR count). The van der Waals surface area contributed by atoms with Crippen LogP contribution in [0.3, 0.4) is 0 Å². The van der Waals surface area contributed by atoms with E-state index in [2.05, 4.69) is 0 Å². The first-order valence-electron chi connectivity index (χ1n) is 7.03. The molecule has 22 heavy (non-hydrogen) atoms. The molecule has 3 nitrogen and oxygen atoms in total. The van der Waals surface area contributed by atoms with E-state index in [-0.39, 0.29) is 6.61 Å². The number of hydrogen-bond acceptors (Lipinski definition) is 3. The number of benzene rings is 2. The summed E-state index contributed by atoms with van der Waals surface area (Å²) < 4.78 is 5.86. The highest BCUT2D eigenvalue weighted by Crippen LogP contribution is 2.48. The zero-order valence-electron chi connectivity index (χ0n) is 11.7. The first kappa shape index (κ1) is 15.8. The van der Waals surface area contributed by atoms with E-state index in [4.69, 9.17) is 27.9 Å². The van der Waals surface area contributed by atoms with Gasteiger partial charge in [0.2, 0.25) is 0 Å². The highest BCUT2D eigenvalue weighted by molar-refractivity contribution is 6.30. The topological polar surface area (TPSA) is 49.7 Å². The van der Waals surface area contributed by atoms with Gasteiger partial charge in [-0.25, -0.2) is 0 Å². The van der Waals surface area contributed by atoms with Crippen LogP contribution in [0.5, 0.6) is 0 Å². The summed E-state index contributed by atoms with van der Waals surface area (Å²) in [6, 6.07) is 14.2. The highest BCUT2D eigenvalue weighted by atomic mass is 35.5. The van der Waals surface area contributed by atoms with E-state index >= 15 is 0 Å². The minimum atomic E-state index is -1.22. The first-order chi connectivity index (χ1) is 10.5. The zero-order valence-corrected chi connectivity index (χ0v) is 13.3. The predicted octanol–water partition coefficient (Wildman–Crippen LogP) is 3.70. The van der Waals surface area contributed by atoms with Crippen molar-refractivity contribution in [3.63, 3.8) is 0 Å². The Kier molecular flexibility index (Phi) is 4.44. The van der Waals surface area contributed by atoms with Crippen LogP contribution in [0.15, 0.2) is 48.5 Å². The summed E-state index contributed by atoms with van der Waals surface area (Å²) in [6.07, 6.45) is -0.664. The summed E-state index contributed by atoms with van der Waals surface area (Å²) in [5, 5.41) is 21.9. The van der Waals surface area contributed by atoms with Crippen LogP contribution >= 0.6 is 23.2 Å². The van der Waals surface area contributed by atoms with Crippen molar-refractivity contribution < 1.29 is 14.9 Å². The second-order valence-corrected chi connectivity index (χ2v) is 6.38. The molecule has 2 N–H and O–H groups in total. The molecule has 116 valence electrons. The molecule has 1 fully saturated rings. The quantitative estimate of drug-likeness (QED) is 0.896. The minimum absolute atomic E-state index is 0.139. The van der Waals surface area contributed by atoms with E-state index in [0.29, 0.717) is 22.0 Å². The fourth-order valence-electron chi connectivity index (χ4n) is 2.91. The summed E-state index contributed by atoms with van der Waals surface area (Å²) in [7, 11) is 0. The van der Waals surface area contributed by atoms with Crippen LogP contribution in [0.4, 0.5) is 0 Å². The standard InChI is InChI=1S/C17H16Cl2O3/c18-13-5-1-11(2-6-13)16-17(21,9-15(10-20)22-16)12-3-7-14(19)8-4-12/h1-8,15-16,20-21H,9-10H2/t15-,16-,17+/m1/s1. The van der Waals surface area contributed by atoms with Crippen molar-refractivity contribution in [2.75, 3.05) is 6.61 Å². The lowest BCUT2D eigenvalue weighted by atomic mass is 9.83. The number of hydrogen-bond donors (Lipinski definition) is 2. The van der Waals surface area contributed by atoms with E-state index in [9.17, 15) is 10.2 Å². The Labute approximate surface area is 139 Å². The predicted molar refractivity (Wildman–Crippen MR) is 86.1 cm³/mol. The van der Waals surface area contributed by atoms with E-state index in [1.54, 1.807) is 36.4 Å². The molecular formula is C17H16Cl2O3. The smallest absolute Gasteiger partial charge is 0.122 e. The van der Waals surface area contributed by atoms with E-state index < -0.39 is 17.8 Å². The Hall–Kier alpha value is -1.10. The van der Waals surface area contributed by atoms with Crippen molar-refractivity contribution in [3.05, 3.63) is 69.7 Å². The largest absolute Gasteiger partial charge is 0.394 e. The van der Waals surface area contributed by atoms with Crippen LogP contribution in [0.1, 0.15) is 23.7 Å². The summed E-state index contributed by atoms with van der Waals surface area (Å²) in [6.45, 7) is -0.139. The summed E-state index contributed by atoms with van der Waals surface area (Å²) in [4.78, 5) is 0. The number of rotatable bonds is 3. The molecule has 0 saturated carbocycles. The summed E-state index contributed by atoms with van der Waals surface area (Å²) in [5.41, 5.74) is 0.317. The van der Waals surface area contributed by atoms with Gasteiger partial charge in [0.25, 0.3) is 0 Å². The second kappa shape index (κ2) is 6.19. The van der Waals surface area contributed by atoms with Gasteiger partial charge in [-0.2, -0.15) is 0 Å². The van der Waals surface area contributed by atoms with Crippen molar-refractivity contribution in [2.45, 2.75) is 24.2 Å². The van der Waals surface area contributed by atoms with Crippen LogP contribution in [-0.4, -0.2) is 22.9 Å². The van der Waals surface area contributed by atoms with Gasteiger partial charge in [-0.3, -0.25) is 0 Å². The first-order valence-corrected chi connectivity index (χ1v) is 7.79. The molecule has 1 saturated heterocycles. The molecule has 0 bridgehead atoms. The average molecular weight is 339 g/mol. The average Bonchev–Trinajstić information content (AvgIpc) is 2.87. The fraction of sp³-hybridized carbons (Fsp3) is 0.294.